The van der Waals surface area contributed by atoms with E-state index in [0.717, 1.165) is 5.56 Å². The van der Waals surface area contributed by atoms with Crippen molar-refractivity contribution in [3.63, 3.8) is 0 Å². The Morgan fingerprint density at radius 2 is 1.76 bits per heavy atom. The van der Waals surface area contributed by atoms with Gasteiger partial charge in [-0.15, -0.1) is 11.8 Å². The van der Waals surface area contributed by atoms with Gasteiger partial charge in [0.15, 0.2) is 23.0 Å². The number of aliphatic carboxylic acids is 1. The van der Waals surface area contributed by atoms with Gasteiger partial charge in [-0.3, -0.25) is 10.1 Å². The van der Waals surface area contributed by atoms with Gasteiger partial charge in [0.2, 0.25) is 0 Å². The SMILES string of the molecule is CCOc1ccccc1OCCOc1c(OC)cccc1C1NC(C(=O)O)CS1. The molecule has 2 N–H and O–H groups in total. The Morgan fingerprint density at radius 3 is 2.41 bits per heavy atom. The number of benzene rings is 2. The predicted molar refractivity (Wildman–Crippen MR) is 111 cm³/mol. The van der Waals surface area contributed by atoms with Crippen molar-refractivity contribution in [1.82, 2.24) is 5.32 Å². The second-order valence-corrected chi connectivity index (χ2v) is 7.36. The van der Waals surface area contributed by atoms with Gasteiger partial charge in [0.25, 0.3) is 0 Å². The zero-order chi connectivity index (χ0) is 20.6. The van der Waals surface area contributed by atoms with Crippen LogP contribution >= 0.6 is 11.8 Å². The quantitative estimate of drug-likeness (QED) is 0.567. The highest BCUT2D eigenvalue weighted by molar-refractivity contribution is 7.99. The summed E-state index contributed by atoms with van der Waals surface area (Å²) >= 11 is 1.53. The molecule has 0 saturated carbocycles. The Labute approximate surface area is 174 Å². The van der Waals surface area contributed by atoms with E-state index in [2.05, 4.69) is 5.32 Å². The molecule has 29 heavy (non-hydrogen) atoms. The Balaban J connectivity index is 1.65. The highest BCUT2D eigenvalue weighted by Crippen LogP contribution is 2.42. The zero-order valence-corrected chi connectivity index (χ0v) is 17.2. The molecule has 1 saturated heterocycles. The summed E-state index contributed by atoms with van der Waals surface area (Å²) in [6.07, 6.45) is 0. The summed E-state index contributed by atoms with van der Waals surface area (Å²) in [7, 11) is 1.58. The van der Waals surface area contributed by atoms with Crippen LogP contribution in [0.4, 0.5) is 0 Å². The number of ether oxygens (including phenoxy) is 4. The van der Waals surface area contributed by atoms with Gasteiger partial charge >= 0.3 is 5.97 Å². The number of thioether (sulfide) groups is 1. The number of hydrogen-bond acceptors (Lipinski definition) is 7. The Hall–Kier alpha value is -2.58. The van der Waals surface area contributed by atoms with E-state index in [-0.39, 0.29) is 5.37 Å². The average molecular weight is 419 g/mol. The molecule has 3 rings (SSSR count). The molecule has 0 aliphatic carbocycles. The Morgan fingerprint density at radius 1 is 1.07 bits per heavy atom. The van der Waals surface area contributed by atoms with Crippen molar-refractivity contribution in [1.29, 1.82) is 0 Å². The Bertz CT molecular complexity index is 831. The van der Waals surface area contributed by atoms with Gasteiger partial charge in [-0.2, -0.15) is 0 Å². The van der Waals surface area contributed by atoms with Gasteiger partial charge in [-0.1, -0.05) is 24.3 Å². The van der Waals surface area contributed by atoms with E-state index in [4.69, 9.17) is 18.9 Å². The molecule has 1 aliphatic rings. The van der Waals surface area contributed by atoms with Gasteiger partial charge in [0, 0.05) is 11.3 Å². The van der Waals surface area contributed by atoms with Gasteiger partial charge < -0.3 is 24.1 Å². The van der Waals surface area contributed by atoms with Crippen LogP contribution in [0, 0.1) is 0 Å². The summed E-state index contributed by atoms with van der Waals surface area (Å²) in [6, 6.07) is 12.5. The fourth-order valence-corrected chi connectivity index (χ4v) is 4.24. The lowest BCUT2D eigenvalue weighted by atomic mass is 10.1. The third-order valence-corrected chi connectivity index (χ3v) is 5.58. The van der Waals surface area contributed by atoms with E-state index in [0.29, 0.717) is 48.6 Å². The summed E-state index contributed by atoms with van der Waals surface area (Å²) in [6.45, 7) is 3.11. The molecule has 0 amide bonds. The number of carbonyl (C=O) groups is 1. The number of carboxylic acids is 1. The highest BCUT2D eigenvalue weighted by atomic mass is 32.2. The molecule has 0 bridgehead atoms. The maximum absolute atomic E-state index is 11.2. The molecule has 7 nitrogen and oxygen atoms in total. The standard InChI is InChI=1S/C21H25NO6S/c1-3-26-16-8-4-5-9-17(16)27-11-12-28-19-14(7-6-10-18(19)25-2)20-22-15(13-29-20)21(23)24/h4-10,15,20,22H,3,11-13H2,1-2H3,(H,23,24). The minimum Gasteiger partial charge on any atom is -0.493 e. The topological polar surface area (TPSA) is 86.3 Å². The maximum Gasteiger partial charge on any atom is 0.321 e. The first-order valence-electron chi connectivity index (χ1n) is 9.38. The molecule has 2 atom stereocenters. The van der Waals surface area contributed by atoms with E-state index in [9.17, 15) is 9.90 Å². The average Bonchev–Trinajstić information content (AvgIpc) is 3.23. The summed E-state index contributed by atoms with van der Waals surface area (Å²) in [5.41, 5.74) is 0.854. The molecular formula is C21H25NO6S. The van der Waals surface area contributed by atoms with E-state index >= 15 is 0 Å². The molecule has 1 heterocycles. The number of para-hydroxylation sites is 3. The third kappa shape index (κ3) is 5.27. The number of hydrogen-bond donors (Lipinski definition) is 2. The monoisotopic (exact) mass is 419 g/mol. The van der Waals surface area contributed by atoms with Crippen molar-refractivity contribution in [2.45, 2.75) is 18.3 Å². The fourth-order valence-electron chi connectivity index (χ4n) is 2.99. The van der Waals surface area contributed by atoms with Crippen LogP contribution in [-0.4, -0.2) is 49.8 Å². The summed E-state index contributed by atoms with van der Waals surface area (Å²) in [4.78, 5) is 11.2. The van der Waals surface area contributed by atoms with Crippen LogP contribution in [0.1, 0.15) is 17.9 Å². The van der Waals surface area contributed by atoms with Crippen LogP contribution < -0.4 is 24.3 Å². The van der Waals surface area contributed by atoms with Crippen LogP contribution in [0.15, 0.2) is 42.5 Å². The zero-order valence-electron chi connectivity index (χ0n) is 16.4. The fraction of sp³-hybridized carbons (Fsp3) is 0.381. The smallest absolute Gasteiger partial charge is 0.321 e. The molecule has 156 valence electrons. The molecule has 0 aromatic heterocycles. The Kier molecular flexibility index (Phi) is 7.48. The van der Waals surface area contributed by atoms with E-state index in [1.807, 2.05) is 49.4 Å². The summed E-state index contributed by atoms with van der Waals surface area (Å²) in [5, 5.41) is 12.2. The van der Waals surface area contributed by atoms with Crippen LogP contribution in [-0.2, 0) is 4.79 Å². The lowest BCUT2D eigenvalue weighted by molar-refractivity contribution is -0.138. The normalized spacial score (nSPS) is 18.3. The molecule has 1 fully saturated rings. The summed E-state index contributed by atoms with van der Waals surface area (Å²) in [5.74, 6) is 2.18. The number of rotatable bonds is 10. The van der Waals surface area contributed by atoms with Gasteiger partial charge in [0.05, 0.1) is 19.1 Å². The third-order valence-electron chi connectivity index (χ3n) is 4.33. The number of methoxy groups -OCH3 is 1. The van der Waals surface area contributed by atoms with Gasteiger partial charge in [-0.25, -0.2) is 0 Å². The molecule has 0 spiro atoms. The van der Waals surface area contributed by atoms with Crippen molar-refractivity contribution < 1.29 is 28.8 Å². The lowest BCUT2D eigenvalue weighted by Crippen LogP contribution is -2.33. The van der Waals surface area contributed by atoms with Crippen molar-refractivity contribution in [3.8, 4) is 23.0 Å². The van der Waals surface area contributed by atoms with E-state index in [1.54, 1.807) is 7.11 Å². The van der Waals surface area contributed by atoms with Crippen molar-refractivity contribution in [2.75, 3.05) is 32.7 Å². The molecule has 2 aromatic carbocycles. The molecule has 2 unspecified atom stereocenters. The van der Waals surface area contributed by atoms with Crippen LogP contribution in [0.3, 0.4) is 0 Å². The van der Waals surface area contributed by atoms with Crippen molar-refractivity contribution in [3.05, 3.63) is 48.0 Å². The molecule has 0 radical (unpaired) electrons. The first-order chi connectivity index (χ1) is 14.1. The molecule has 2 aromatic rings. The minimum absolute atomic E-state index is 0.180. The second kappa shape index (κ2) is 10.3. The minimum atomic E-state index is -0.855. The second-order valence-electron chi connectivity index (χ2n) is 6.23. The van der Waals surface area contributed by atoms with Crippen LogP contribution in [0.2, 0.25) is 0 Å². The lowest BCUT2D eigenvalue weighted by Gasteiger charge is -2.19. The predicted octanol–water partition coefficient (Wildman–Crippen LogP) is 3.34. The number of nitrogens with one attached hydrogen (secondary N) is 1. The molecular weight excluding hydrogens is 394 g/mol. The van der Waals surface area contributed by atoms with Crippen molar-refractivity contribution >= 4 is 17.7 Å². The van der Waals surface area contributed by atoms with Gasteiger partial charge in [-0.05, 0) is 25.1 Å². The summed E-state index contributed by atoms with van der Waals surface area (Å²) < 4.78 is 22.8. The largest absolute Gasteiger partial charge is 0.493 e. The number of carboxylic acid groups (broad SMARTS) is 1. The maximum atomic E-state index is 11.2. The van der Waals surface area contributed by atoms with Crippen LogP contribution in [0.5, 0.6) is 23.0 Å². The van der Waals surface area contributed by atoms with E-state index < -0.39 is 12.0 Å². The van der Waals surface area contributed by atoms with Gasteiger partial charge in [0.1, 0.15) is 19.3 Å². The highest BCUT2D eigenvalue weighted by Gasteiger charge is 2.32. The van der Waals surface area contributed by atoms with Crippen molar-refractivity contribution in [2.24, 2.45) is 0 Å². The van der Waals surface area contributed by atoms with Crippen LogP contribution in [0.25, 0.3) is 0 Å². The first kappa shape index (κ1) is 21.1. The first-order valence-corrected chi connectivity index (χ1v) is 10.4. The van der Waals surface area contributed by atoms with E-state index in [1.165, 1.54) is 11.8 Å². The molecule has 1 aliphatic heterocycles. The molecule has 8 heteroatoms.